The molecule has 0 aliphatic rings. The van der Waals surface area contributed by atoms with Gasteiger partial charge in [0.1, 0.15) is 5.69 Å². The van der Waals surface area contributed by atoms with Crippen LogP contribution in [0.5, 0.6) is 0 Å². The van der Waals surface area contributed by atoms with Crippen LogP contribution in [-0.2, 0) is 14.8 Å². The number of nitrogens with zero attached hydrogens (tertiary/aromatic N) is 1. The average molecular weight is 317 g/mol. The lowest BCUT2D eigenvalue weighted by Gasteiger charge is -2.16. The lowest BCUT2D eigenvalue weighted by atomic mass is 10.3. The maximum absolute atomic E-state index is 12.3. The summed E-state index contributed by atoms with van der Waals surface area (Å²) < 4.78 is 32.0. The molecular weight excluding hydrogens is 298 g/mol. The molecule has 1 aromatic carbocycles. The zero-order valence-corrected chi connectivity index (χ0v) is 12.9. The molecule has 0 bridgehead atoms. The molecule has 9 heteroatoms. The van der Waals surface area contributed by atoms with Crippen molar-refractivity contribution in [2.45, 2.75) is 24.3 Å². The number of hydrogen-bond acceptors (Lipinski definition) is 6. The number of nitro benzene ring substituents is 1. The molecule has 0 heterocycles. The average Bonchev–Trinajstić information content (AvgIpc) is 2.45. The highest BCUT2D eigenvalue weighted by molar-refractivity contribution is 7.89. The van der Waals surface area contributed by atoms with Crippen molar-refractivity contribution in [2.75, 3.05) is 26.1 Å². The van der Waals surface area contributed by atoms with E-state index >= 15 is 0 Å². The van der Waals surface area contributed by atoms with Crippen LogP contribution in [0.3, 0.4) is 0 Å². The van der Waals surface area contributed by atoms with Gasteiger partial charge in [-0.3, -0.25) is 10.1 Å². The molecule has 1 rings (SSSR count). The normalized spacial score (nSPS) is 12.9. The molecule has 0 amide bonds. The van der Waals surface area contributed by atoms with E-state index in [-0.39, 0.29) is 28.9 Å². The highest BCUT2D eigenvalue weighted by atomic mass is 32.2. The number of benzene rings is 1. The minimum absolute atomic E-state index is 0.0352. The first-order valence-corrected chi connectivity index (χ1v) is 7.81. The first kappa shape index (κ1) is 17.3. The Morgan fingerprint density at radius 1 is 1.43 bits per heavy atom. The molecule has 0 saturated carbocycles. The summed E-state index contributed by atoms with van der Waals surface area (Å²) in [4.78, 5) is 10.2. The van der Waals surface area contributed by atoms with Crippen molar-refractivity contribution in [3.05, 3.63) is 28.3 Å². The van der Waals surface area contributed by atoms with Gasteiger partial charge in [-0.2, -0.15) is 0 Å². The van der Waals surface area contributed by atoms with Crippen molar-refractivity contribution in [1.29, 1.82) is 0 Å². The Balaban J connectivity index is 3.11. The fraction of sp³-hybridized carbons (Fsp3) is 0.500. The third kappa shape index (κ3) is 4.38. The molecule has 2 N–H and O–H groups in total. The molecule has 118 valence electrons. The van der Waals surface area contributed by atoms with Crippen LogP contribution in [0.25, 0.3) is 0 Å². The second-order valence-corrected chi connectivity index (χ2v) is 6.08. The SMILES string of the molecule is CCC(COC)NS(=O)(=O)c1ccc([N+](=O)[O-])c(NC)c1. The molecule has 0 aliphatic carbocycles. The second kappa shape index (κ2) is 7.34. The molecule has 0 radical (unpaired) electrons. The predicted molar refractivity (Wildman–Crippen MR) is 78.9 cm³/mol. The van der Waals surface area contributed by atoms with E-state index in [0.717, 1.165) is 6.07 Å². The number of hydrogen-bond donors (Lipinski definition) is 2. The summed E-state index contributed by atoms with van der Waals surface area (Å²) in [5.74, 6) is 0. The van der Waals surface area contributed by atoms with E-state index in [4.69, 9.17) is 4.74 Å². The summed E-state index contributed by atoms with van der Waals surface area (Å²) in [7, 11) is -0.781. The lowest BCUT2D eigenvalue weighted by molar-refractivity contribution is -0.384. The van der Waals surface area contributed by atoms with E-state index in [1.54, 1.807) is 0 Å². The summed E-state index contributed by atoms with van der Waals surface area (Å²) >= 11 is 0. The van der Waals surface area contributed by atoms with Crippen LogP contribution in [0.2, 0.25) is 0 Å². The number of anilines is 1. The number of rotatable bonds is 8. The van der Waals surface area contributed by atoms with E-state index in [9.17, 15) is 18.5 Å². The van der Waals surface area contributed by atoms with Gasteiger partial charge in [-0.05, 0) is 18.6 Å². The minimum atomic E-state index is -3.76. The van der Waals surface area contributed by atoms with Crippen molar-refractivity contribution in [2.24, 2.45) is 0 Å². The molecule has 8 nitrogen and oxygen atoms in total. The number of nitrogens with one attached hydrogen (secondary N) is 2. The van der Waals surface area contributed by atoms with Gasteiger partial charge in [-0.1, -0.05) is 6.92 Å². The quantitative estimate of drug-likeness (QED) is 0.553. The smallest absolute Gasteiger partial charge is 0.292 e. The van der Waals surface area contributed by atoms with Crippen LogP contribution in [0, 0.1) is 10.1 Å². The van der Waals surface area contributed by atoms with Crippen molar-refractivity contribution in [1.82, 2.24) is 4.72 Å². The Morgan fingerprint density at radius 2 is 2.10 bits per heavy atom. The molecule has 0 saturated heterocycles. The molecule has 0 fully saturated rings. The van der Waals surface area contributed by atoms with Gasteiger partial charge < -0.3 is 10.1 Å². The van der Waals surface area contributed by atoms with E-state index in [1.807, 2.05) is 6.92 Å². The largest absolute Gasteiger partial charge is 0.383 e. The fourth-order valence-corrected chi connectivity index (χ4v) is 3.10. The highest BCUT2D eigenvalue weighted by Gasteiger charge is 2.22. The van der Waals surface area contributed by atoms with Gasteiger partial charge >= 0.3 is 0 Å². The third-order valence-electron chi connectivity index (χ3n) is 2.93. The number of methoxy groups -OCH3 is 1. The van der Waals surface area contributed by atoms with E-state index in [1.165, 1.54) is 26.3 Å². The summed E-state index contributed by atoms with van der Waals surface area (Å²) in [6.07, 6.45) is 0.568. The van der Waals surface area contributed by atoms with Crippen molar-refractivity contribution >= 4 is 21.4 Å². The predicted octanol–water partition coefficient (Wildman–Crippen LogP) is 1.34. The monoisotopic (exact) mass is 317 g/mol. The fourth-order valence-electron chi connectivity index (χ4n) is 1.77. The van der Waals surface area contributed by atoms with Gasteiger partial charge in [-0.25, -0.2) is 13.1 Å². The van der Waals surface area contributed by atoms with Crippen LogP contribution in [-0.4, -0.2) is 40.1 Å². The van der Waals surface area contributed by atoms with Crippen LogP contribution >= 0.6 is 0 Å². The van der Waals surface area contributed by atoms with Crippen molar-refractivity contribution in [3.8, 4) is 0 Å². The molecule has 1 unspecified atom stereocenters. The zero-order chi connectivity index (χ0) is 16.0. The van der Waals surface area contributed by atoms with E-state index < -0.39 is 14.9 Å². The zero-order valence-electron chi connectivity index (χ0n) is 12.1. The summed E-state index contributed by atoms with van der Waals surface area (Å²) in [6.45, 7) is 2.09. The van der Waals surface area contributed by atoms with Gasteiger partial charge in [-0.15, -0.1) is 0 Å². The van der Waals surface area contributed by atoms with Gasteiger partial charge in [0.05, 0.1) is 16.4 Å². The third-order valence-corrected chi connectivity index (χ3v) is 4.44. The van der Waals surface area contributed by atoms with Crippen LogP contribution in [0.4, 0.5) is 11.4 Å². The first-order valence-electron chi connectivity index (χ1n) is 6.33. The Bertz CT molecular complexity index is 603. The number of nitro groups is 1. The number of sulfonamides is 1. The van der Waals surface area contributed by atoms with E-state index in [2.05, 4.69) is 10.0 Å². The Kier molecular flexibility index (Phi) is 6.06. The lowest BCUT2D eigenvalue weighted by Crippen LogP contribution is -2.37. The molecule has 0 spiro atoms. The maximum atomic E-state index is 12.3. The van der Waals surface area contributed by atoms with Crippen LogP contribution in [0.1, 0.15) is 13.3 Å². The highest BCUT2D eigenvalue weighted by Crippen LogP contribution is 2.27. The van der Waals surface area contributed by atoms with Crippen molar-refractivity contribution in [3.63, 3.8) is 0 Å². The van der Waals surface area contributed by atoms with Gasteiger partial charge in [0.15, 0.2) is 0 Å². The molecular formula is C12H19N3O5S. The standard InChI is InChI=1S/C12H19N3O5S/c1-4-9(8-20-3)14-21(18,19)10-5-6-12(15(16)17)11(7-10)13-2/h5-7,9,13-14H,4,8H2,1-3H3. The van der Waals surface area contributed by atoms with Gasteiger partial charge in [0.2, 0.25) is 10.0 Å². The first-order chi connectivity index (χ1) is 9.85. The molecule has 0 aliphatic heterocycles. The Labute approximate surface area is 123 Å². The summed E-state index contributed by atoms with van der Waals surface area (Å²) in [6, 6.07) is 3.26. The summed E-state index contributed by atoms with van der Waals surface area (Å²) in [5.41, 5.74) is -0.0388. The molecule has 0 aromatic heterocycles. The molecule has 1 atom stereocenters. The molecule has 21 heavy (non-hydrogen) atoms. The number of ether oxygens (including phenoxy) is 1. The van der Waals surface area contributed by atoms with E-state index in [0.29, 0.717) is 6.42 Å². The second-order valence-electron chi connectivity index (χ2n) is 4.37. The van der Waals surface area contributed by atoms with Gasteiger partial charge in [0.25, 0.3) is 5.69 Å². The maximum Gasteiger partial charge on any atom is 0.292 e. The van der Waals surface area contributed by atoms with Crippen LogP contribution < -0.4 is 10.0 Å². The summed E-state index contributed by atoms with van der Waals surface area (Å²) in [5, 5.41) is 13.5. The topological polar surface area (TPSA) is 111 Å². The minimum Gasteiger partial charge on any atom is -0.383 e. The van der Waals surface area contributed by atoms with Gasteiger partial charge in [0, 0.05) is 26.3 Å². The van der Waals surface area contributed by atoms with Crippen molar-refractivity contribution < 1.29 is 18.1 Å². The Morgan fingerprint density at radius 3 is 2.57 bits per heavy atom. The Hall–Kier alpha value is -1.71. The molecule has 1 aromatic rings. The van der Waals surface area contributed by atoms with Crippen LogP contribution in [0.15, 0.2) is 23.1 Å².